The maximum absolute atomic E-state index is 5.32. The quantitative estimate of drug-likeness (QED) is 0.763. The van der Waals surface area contributed by atoms with Crippen molar-refractivity contribution >= 4 is 18.5 Å². The van der Waals surface area contributed by atoms with Crippen molar-refractivity contribution in [3.05, 3.63) is 12.4 Å². The molecule has 1 fully saturated rings. The number of aryl methyl sites for hydroxylation is 1. The first kappa shape index (κ1) is 9.86. The SMILES string of the molecule is Cn1cc(N(S)CC2CCOC2)cn1. The summed E-state index contributed by atoms with van der Waals surface area (Å²) in [5.41, 5.74) is 1.04. The normalized spacial score (nSPS) is 21.4. The maximum atomic E-state index is 5.32. The molecule has 1 atom stereocenters. The Kier molecular flexibility index (Phi) is 2.98. The summed E-state index contributed by atoms with van der Waals surface area (Å²) in [4.78, 5) is 0. The molecular weight excluding hydrogens is 198 g/mol. The van der Waals surface area contributed by atoms with E-state index < -0.39 is 0 Å². The third-order valence-corrected chi connectivity index (χ3v) is 2.84. The molecule has 0 N–H and O–H groups in total. The number of hydrogen-bond acceptors (Lipinski definition) is 4. The molecule has 1 saturated heterocycles. The molecule has 0 amide bonds. The van der Waals surface area contributed by atoms with E-state index in [0.29, 0.717) is 5.92 Å². The Labute approximate surface area is 89.4 Å². The molecule has 1 aromatic rings. The third-order valence-electron chi connectivity index (χ3n) is 2.44. The Bertz CT molecular complexity index is 296. The van der Waals surface area contributed by atoms with Gasteiger partial charge in [0.05, 0.1) is 18.5 Å². The van der Waals surface area contributed by atoms with Crippen molar-refractivity contribution in [1.82, 2.24) is 9.78 Å². The van der Waals surface area contributed by atoms with Gasteiger partial charge in [0.15, 0.2) is 0 Å². The number of nitrogens with zero attached hydrogens (tertiary/aromatic N) is 3. The van der Waals surface area contributed by atoms with Crippen LogP contribution in [0.5, 0.6) is 0 Å². The number of rotatable bonds is 3. The van der Waals surface area contributed by atoms with Crippen molar-refractivity contribution in [3.8, 4) is 0 Å². The molecule has 0 aliphatic carbocycles. The summed E-state index contributed by atoms with van der Waals surface area (Å²) in [7, 11) is 1.91. The summed E-state index contributed by atoms with van der Waals surface area (Å²) in [6, 6.07) is 0. The Morgan fingerprint density at radius 1 is 1.79 bits per heavy atom. The second kappa shape index (κ2) is 4.23. The average Bonchev–Trinajstić information content (AvgIpc) is 2.75. The smallest absolute Gasteiger partial charge is 0.0849 e. The van der Waals surface area contributed by atoms with Gasteiger partial charge in [-0.25, -0.2) is 0 Å². The van der Waals surface area contributed by atoms with Crippen LogP contribution in [-0.2, 0) is 11.8 Å². The molecule has 0 radical (unpaired) electrons. The van der Waals surface area contributed by atoms with E-state index in [1.54, 1.807) is 4.68 Å². The maximum Gasteiger partial charge on any atom is 0.0849 e. The predicted molar refractivity (Wildman–Crippen MR) is 58.5 cm³/mol. The lowest BCUT2D eigenvalue weighted by molar-refractivity contribution is 0.187. The minimum atomic E-state index is 0.604. The van der Waals surface area contributed by atoms with Crippen molar-refractivity contribution in [2.75, 3.05) is 24.1 Å². The zero-order valence-corrected chi connectivity index (χ0v) is 9.15. The van der Waals surface area contributed by atoms with Gasteiger partial charge in [-0.2, -0.15) is 5.10 Å². The predicted octanol–water partition coefficient (Wildman–Crippen LogP) is 1.11. The van der Waals surface area contributed by atoms with E-state index in [4.69, 9.17) is 4.74 Å². The van der Waals surface area contributed by atoms with Crippen molar-refractivity contribution < 1.29 is 4.74 Å². The van der Waals surface area contributed by atoms with Crippen LogP contribution in [0.4, 0.5) is 5.69 Å². The zero-order chi connectivity index (χ0) is 9.97. The first-order chi connectivity index (χ1) is 6.75. The van der Waals surface area contributed by atoms with Gasteiger partial charge in [-0.1, -0.05) is 12.8 Å². The van der Waals surface area contributed by atoms with Gasteiger partial charge in [-0.3, -0.25) is 4.68 Å². The number of anilines is 1. The first-order valence-corrected chi connectivity index (χ1v) is 5.18. The largest absolute Gasteiger partial charge is 0.381 e. The average molecular weight is 213 g/mol. The lowest BCUT2D eigenvalue weighted by Gasteiger charge is -2.18. The molecule has 78 valence electrons. The lowest BCUT2D eigenvalue weighted by Crippen LogP contribution is -2.20. The van der Waals surface area contributed by atoms with Gasteiger partial charge in [0.25, 0.3) is 0 Å². The second-order valence-corrected chi connectivity index (χ2v) is 4.17. The number of ether oxygens (including phenoxy) is 1. The van der Waals surface area contributed by atoms with Crippen LogP contribution < -0.4 is 4.31 Å². The number of thiol groups is 1. The zero-order valence-electron chi connectivity index (χ0n) is 8.26. The van der Waals surface area contributed by atoms with E-state index in [9.17, 15) is 0 Å². The van der Waals surface area contributed by atoms with Gasteiger partial charge in [0.2, 0.25) is 0 Å². The third kappa shape index (κ3) is 2.22. The van der Waals surface area contributed by atoms with Crippen LogP contribution in [0, 0.1) is 5.92 Å². The van der Waals surface area contributed by atoms with Crippen LogP contribution >= 0.6 is 12.8 Å². The van der Waals surface area contributed by atoms with Crippen LogP contribution in [0.1, 0.15) is 6.42 Å². The number of hydrogen-bond donors (Lipinski definition) is 1. The van der Waals surface area contributed by atoms with E-state index in [1.165, 1.54) is 0 Å². The van der Waals surface area contributed by atoms with Gasteiger partial charge >= 0.3 is 0 Å². The highest BCUT2D eigenvalue weighted by molar-refractivity contribution is 7.81. The molecule has 1 aliphatic rings. The fourth-order valence-corrected chi connectivity index (χ4v) is 1.95. The summed E-state index contributed by atoms with van der Waals surface area (Å²) in [5, 5.41) is 4.11. The molecule has 1 unspecified atom stereocenters. The molecule has 1 aliphatic heterocycles. The molecule has 0 bridgehead atoms. The molecule has 1 aromatic heterocycles. The van der Waals surface area contributed by atoms with Crippen LogP contribution in [-0.4, -0.2) is 29.5 Å². The molecule has 0 spiro atoms. The van der Waals surface area contributed by atoms with Crippen molar-refractivity contribution in [2.45, 2.75) is 6.42 Å². The van der Waals surface area contributed by atoms with Crippen LogP contribution in [0.2, 0.25) is 0 Å². The first-order valence-electron chi connectivity index (χ1n) is 4.78. The second-order valence-electron chi connectivity index (χ2n) is 3.68. The minimum absolute atomic E-state index is 0.604. The van der Waals surface area contributed by atoms with Gasteiger partial charge < -0.3 is 9.04 Å². The van der Waals surface area contributed by atoms with Crippen LogP contribution in [0.15, 0.2) is 12.4 Å². The summed E-state index contributed by atoms with van der Waals surface area (Å²) in [6.07, 6.45) is 4.92. The van der Waals surface area contributed by atoms with Gasteiger partial charge in [-0.15, -0.1) is 0 Å². The van der Waals surface area contributed by atoms with Crippen LogP contribution in [0.3, 0.4) is 0 Å². The van der Waals surface area contributed by atoms with E-state index in [1.807, 2.05) is 23.7 Å². The minimum Gasteiger partial charge on any atom is -0.381 e. The standard InChI is InChI=1S/C9H15N3OS/c1-11-6-9(4-10-11)12(14)5-8-2-3-13-7-8/h4,6,8,14H,2-3,5,7H2,1H3. The summed E-state index contributed by atoms with van der Waals surface area (Å²) in [5.74, 6) is 0.604. The van der Waals surface area contributed by atoms with E-state index in [-0.39, 0.29) is 0 Å². The fraction of sp³-hybridized carbons (Fsp3) is 0.667. The summed E-state index contributed by atoms with van der Waals surface area (Å²) >= 11 is 4.43. The summed E-state index contributed by atoms with van der Waals surface area (Å²) in [6.45, 7) is 2.67. The Balaban J connectivity index is 1.91. The van der Waals surface area contributed by atoms with E-state index in [2.05, 4.69) is 17.9 Å². The molecular formula is C9H15N3OS. The molecule has 5 heteroatoms. The molecule has 14 heavy (non-hydrogen) atoms. The van der Waals surface area contributed by atoms with Gasteiger partial charge in [0.1, 0.15) is 0 Å². The fourth-order valence-electron chi connectivity index (χ4n) is 1.62. The monoisotopic (exact) mass is 213 g/mol. The summed E-state index contributed by atoms with van der Waals surface area (Å²) < 4.78 is 9.04. The lowest BCUT2D eigenvalue weighted by atomic mass is 10.1. The van der Waals surface area contributed by atoms with Crippen molar-refractivity contribution in [1.29, 1.82) is 0 Å². The highest BCUT2D eigenvalue weighted by Gasteiger charge is 2.18. The highest BCUT2D eigenvalue weighted by atomic mass is 32.1. The Morgan fingerprint density at radius 3 is 3.21 bits per heavy atom. The Morgan fingerprint density at radius 2 is 2.64 bits per heavy atom. The van der Waals surface area contributed by atoms with E-state index in [0.717, 1.165) is 31.9 Å². The molecule has 0 saturated carbocycles. The van der Waals surface area contributed by atoms with Crippen LogP contribution in [0.25, 0.3) is 0 Å². The Hall–Kier alpha value is -0.680. The van der Waals surface area contributed by atoms with Gasteiger partial charge in [0, 0.05) is 32.3 Å². The topological polar surface area (TPSA) is 30.3 Å². The highest BCUT2D eigenvalue weighted by Crippen LogP contribution is 2.20. The van der Waals surface area contributed by atoms with Crippen molar-refractivity contribution in [2.24, 2.45) is 13.0 Å². The molecule has 2 rings (SSSR count). The van der Waals surface area contributed by atoms with Crippen molar-refractivity contribution in [3.63, 3.8) is 0 Å². The molecule has 0 aromatic carbocycles. The molecule has 4 nitrogen and oxygen atoms in total. The van der Waals surface area contributed by atoms with Gasteiger partial charge in [-0.05, 0) is 6.42 Å². The molecule has 2 heterocycles. The number of aromatic nitrogens is 2. The van der Waals surface area contributed by atoms with E-state index >= 15 is 0 Å².